The topological polar surface area (TPSA) is 67.4 Å². The Morgan fingerprint density at radius 3 is 2.88 bits per heavy atom. The Labute approximate surface area is 95.9 Å². The summed E-state index contributed by atoms with van der Waals surface area (Å²) in [7, 11) is 0. The highest BCUT2D eigenvalue weighted by Gasteiger charge is 2.24. The zero-order chi connectivity index (χ0) is 12.0. The quantitative estimate of drug-likeness (QED) is 0.667. The van der Waals surface area contributed by atoms with Crippen LogP contribution >= 0.6 is 0 Å². The van der Waals surface area contributed by atoms with Crippen LogP contribution in [0.1, 0.15) is 26.7 Å². The van der Waals surface area contributed by atoms with Gasteiger partial charge >= 0.3 is 5.97 Å². The van der Waals surface area contributed by atoms with E-state index >= 15 is 0 Å². The van der Waals surface area contributed by atoms with E-state index in [4.69, 9.17) is 4.74 Å². The SMILES string of the molecule is CCOC(=O)CNC(=O)C1CC(C)CCN1. The van der Waals surface area contributed by atoms with Gasteiger partial charge in [-0.2, -0.15) is 0 Å². The van der Waals surface area contributed by atoms with Gasteiger partial charge in [-0.05, 0) is 32.2 Å². The van der Waals surface area contributed by atoms with Crippen molar-refractivity contribution in [1.29, 1.82) is 0 Å². The first-order valence-electron chi connectivity index (χ1n) is 5.80. The number of ether oxygens (including phenoxy) is 1. The molecule has 16 heavy (non-hydrogen) atoms. The number of amides is 1. The third-order valence-corrected chi connectivity index (χ3v) is 2.69. The van der Waals surface area contributed by atoms with Crippen LogP contribution in [-0.2, 0) is 14.3 Å². The van der Waals surface area contributed by atoms with E-state index in [0.29, 0.717) is 12.5 Å². The average molecular weight is 228 g/mol. The third-order valence-electron chi connectivity index (χ3n) is 2.69. The molecule has 2 N–H and O–H groups in total. The van der Waals surface area contributed by atoms with Gasteiger partial charge in [0.2, 0.25) is 5.91 Å². The molecular weight excluding hydrogens is 208 g/mol. The number of hydrogen-bond acceptors (Lipinski definition) is 4. The number of esters is 1. The largest absolute Gasteiger partial charge is 0.465 e. The summed E-state index contributed by atoms with van der Waals surface area (Å²) in [6.45, 7) is 5.03. The molecule has 1 fully saturated rings. The molecule has 1 aliphatic rings. The molecule has 0 spiro atoms. The molecule has 0 aliphatic carbocycles. The van der Waals surface area contributed by atoms with Crippen molar-refractivity contribution in [2.45, 2.75) is 32.7 Å². The minimum atomic E-state index is -0.389. The monoisotopic (exact) mass is 228 g/mol. The van der Waals surface area contributed by atoms with Crippen LogP contribution in [0.5, 0.6) is 0 Å². The van der Waals surface area contributed by atoms with Crippen molar-refractivity contribution in [3.63, 3.8) is 0 Å². The molecule has 0 aromatic rings. The molecule has 5 nitrogen and oxygen atoms in total. The van der Waals surface area contributed by atoms with Crippen LogP contribution in [-0.4, -0.2) is 37.6 Å². The van der Waals surface area contributed by atoms with E-state index in [-0.39, 0.29) is 24.5 Å². The summed E-state index contributed by atoms with van der Waals surface area (Å²) in [4.78, 5) is 22.7. The minimum absolute atomic E-state index is 0.0424. The van der Waals surface area contributed by atoms with E-state index in [1.807, 2.05) is 0 Å². The highest BCUT2D eigenvalue weighted by molar-refractivity contribution is 5.85. The molecule has 1 heterocycles. The lowest BCUT2D eigenvalue weighted by molar-refractivity contribution is -0.143. The van der Waals surface area contributed by atoms with Gasteiger partial charge in [-0.3, -0.25) is 9.59 Å². The third kappa shape index (κ3) is 4.18. The summed E-state index contributed by atoms with van der Waals surface area (Å²) < 4.78 is 4.73. The van der Waals surface area contributed by atoms with E-state index in [1.165, 1.54) is 0 Å². The van der Waals surface area contributed by atoms with Gasteiger partial charge in [0.25, 0.3) is 0 Å². The van der Waals surface area contributed by atoms with Gasteiger partial charge in [-0.25, -0.2) is 0 Å². The molecule has 0 saturated carbocycles. The number of rotatable bonds is 4. The van der Waals surface area contributed by atoms with E-state index in [9.17, 15) is 9.59 Å². The van der Waals surface area contributed by atoms with Gasteiger partial charge in [0, 0.05) is 0 Å². The highest BCUT2D eigenvalue weighted by Crippen LogP contribution is 2.14. The summed E-state index contributed by atoms with van der Waals surface area (Å²) in [6.07, 6.45) is 1.93. The van der Waals surface area contributed by atoms with Gasteiger partial charge in [0.05, 0.1) is 12.6 Å². The van der Waals surface area contributed by atoms with Gasteiger partial charge in [0.1, 0.15) is 6.54 Å². The lowest BCUT2D eigenvalue weighted by Gasteiger charge is -2.27. The van der Waals surface area contributed by atoms with E-state index in [0.717, 1.165) is 19.4 Å². The Kier molecular flexibility index (Phi) is 5.25. The summed E-state index contributed by atoms with van der Waals surface area (Å²) in [5.41, 5.74) is 0. The van der Waals surface area contributed by atoms with Crippen molar-refractivity contribution in [1.82, 2.24) is 10.6 Å². The highest BCUT2D eigenvalue weighted by atomic mass is 16.5. The van der Waals surface area contributed by atoms with Crippen LogP contribution in [0, 0.1) is 5.92 Å². The first-order valence-corrected chi connectivity index (χ1v) is 5.80. The smallest absolute Gasteiger partial charge is 0.325 e. The van der Waals surface area contributed by atoms with Crippen LogP contribution in [0.15, 0.2) is 0 Å². The molecule has 92 valence electrons. The number of piperidine rings is 1. The van der Waals surface area contributed by atoms with Crippen molar-refractivity contribution in [3.8, 4) is 0 Å². The standard InChI is InChI=1S/C11H20N2O3/c1-3-16-10(14)7-13-11(15)9-6-8(2)4-5-12-9/h8-9,12H,3-7H2,1-2H3,(H,13,15). The summed E-state index contributed by atoms with van der Waals surface area (Å²) >= 11 is 0. The van der Waals surface area contributed by atoms with E-state index < -0.39 is 0 Å². The Hall–Kier alpha value is -1.10. The molecule has 1 saturated heterocycles. The predicted molar refractivity (Wildman–Crippen MR) is 59.8 cm³/mol. The molecule has 0 radical (unpaired) electrons. The van der Waals surface area contributed by atoms with Crippen LogP contribution in [0.25, 0.3) is 0 Å². The molecule has 5 heteroatoms. The predicted octanol–water partition coefficient (Wildman–Crippen LogP) is 0.0538. The van der Waals surface area contributed by atoms with Crippen LogP contribution in [0.4, 0.5) is 0 Å². The van der Waals surface area contributed by atoms with E-state index in [1.54, 1.807) is 6.92 Å². The second-order valence-corrected chi connectivity index (χ2v) is 4.16. The van der Waals surface area contributed by atoms with Crippen LogP contribution in [0.2, 0.25) is 0 Å². The number of hydrogen-bond donors (Lipinski definition) is 2. The summed E-state index contributed by atoms with van der Waals surface area (Å²) in [5, 5.41) is 5.72. The Morgan fingerprint density at radius 2 is 2.25 bits per heavy atom. The first-order chi connectivity index (χ1) is 7.63. The van der Waals surface area contributed by atoms with Gasteiger partial charge in [0.15, 0.2) is 0 Å². The fraction of sp³-hybridized carbons (Fsp3) is 0.818. The summed E-state index contributed by atoms with van der Waals surface area (Å²) in [5.74, 6) is 0.0545. The van der Waals surface area contributed by atoms with Gasteiger partial charge in [-0.15, -0.1) is 0 Å². The van der Waals surface area contributed by atoms with Crippen molar-refractivity contribution in [3.05, 3.63) is 0 Å². The second-order valence-electron chi connectivity index (χ2n) is 4.16. The fourth-order valence-corrected chi connectivity index (χ4v) is 1.80. The number of carbonyl (C=O) groups is 2. The first kappa shape index (κ1) is 13.0. The maximum absolute atomic E-state index is 11.7. The zero-order valence-corrected chi connectivity index (χ0v) is 9.91. The van der Waals surface area contributed by atoms with Crippen LogP contribution < -0.4 is 10.6 Å². The second kappa shape index (κ2) is 6.48. The zero-order valence-electron chi connectivity index (χ0n) is 9.91. The fourth-order valence-electron chi connectivity index (χ4n) is 1.80. The van der Waals surface area contributed by atoms with Crippen LogP contribution in [0.3, 0.4) is 0 Å². The van der Waals surface area contributed by atoms with Crippen molar-refractivity contribution < 1.29 is 14.3 Å². The Morgan fingerprint density at radius 1 is 1.50 bits per heavy atom. The lowest BCUT2D eigenvalue weighted by atomic mass is 9.94. The molecular formula is C11H20N2O3. The van der Waals surface area contributed by atoms with E-state index in [2.05, 4.69) is 17.6 Å². The Bertz CT molecular complexity index is 256. The summed E-state index contributed by atoms with van der Waals surface area (Å²) in [6, 6.07) is -0.168. The number of carbonyl (C=O) groups excluding carboxylic acids is 2. The normalized spacial score (nSPS) is 24.9. The molecule has 0 bridgehead atoms. The minimum Gasteiger partial charge on any atom is -0.465 e. The molecule has 2 atom stereocenters. The number of nitrogens with one attached hydrogen (secondary N) is 2. The van der Waals surface area contributed by atoms with Gasteiger partial charge in [-0.1, -0.05) is 6.92 Å². The molecule has 1 aliphatic heterocycles. The molecule has 0 aromatic heterocycles. The average Bonchev–Trinajstić information content (AvgIpc) is 2.26. The van der Waals surface area contributed by atoms with Crippen molar-refractivity contribution >= 4 is 11.9 Å². The maximum Gasteiger partial charge on any atom is 0.325 e. The molecule has 1 amide bonds. The molecule has 0 aromatic carbocycles. The maximum atomic E-state index is 11.7. The Balaban J connectivity index is 2.26. The van der Waals surface area contributed by atoms with Crippen molar-refractivity contribution in [2.24, 2.45) is 5.92 Å². The molecule has 2 unspecified atom stereocenters. The lowest BCUT2D eigenvalue weighted by Crippen LogP contribution is -2.49. The van der Waals surface area contributed by atoms with Crippen molar-refractivity contribution in [2.75, 3.05) is 19.7 Å². The van der Waals surface area contributed by atoms with Gasteiger partial charge < -0.3 is 15.4 Å². The molecule has 1 rings (SSSR count).